The zero-order chi connectivity index (χ0) is 28.8. The maximum absolute atomic E-state index is 12.8. The Labute approximate surface area is 263 Å². The largest absolute Gasteiger partial charge is 0.305 e. The van der Waals surface area contributed by atoms with Crippen LogP contribution in [0.3, 0.4) is 0 Å². The number of halogens is 1. The average molecular weight is 745 g/mol. The quantitative estimate of drug-likeness (QED) is 0.130. The zero-order valence-corrected chi connectivity index (χ0v) is 27.6. The van der Waals surface area contributed by atoms with Gasteiger partial charge in [0.2, 0.25) is 0 Å². The van der Waals surface area contributed by atoms with Gasteiger partial charge in [-0.15, -0.1) is 59.0 Å². The summed E-state index contributed by atoms with van der Waals surface area (Å²) in [5, 5.41) is 3.73. The third kappa shape index (κ3) is 7.54. The molecule has 42 heavy (non-hydrogen) atoms. The predicted molar refractivity (Wildman–Crippen MR) is 171 cm³/mol. The molecule has 0 bridgehead atoms. The summed E-state index contributed by atoms with van der Waals surface area (Å²) in [5.74, 6) is 0.0652. The van der Waals surface area contributed by atoms with E-state index in [4.69, 9.17) is 0 Å². The van der Waals surface area contributed by atoms with Crippen molar-refractivity contribution >= 4 is 24.0 Å². The molecule has 1 unspecified atom stereocenters. The van der Waals surface area contributed by atoms with Crippen LogP contribution in [0.5, 0.6) is 0 Å². The standard InChI is InChI=1S/C23H18N.C14H15FNSi.Ir/c1-17(18-8-3-2-4-9-18)20-14-15-24-23(16-20)22-13-7-11-19-10-5-6-12-21(19)22;1-17(2,3)13-8-9-14(16-10-13)11-4-6-12(15)7-5-11;/h2-12,14-17H,1H3;4,6-10H,1-3H3;/q2*-1;. The molecular weight excluding hydrogens is 712 g/mol. The summed E-state index contributed by atoms with van der Waals surface area (Å²) in [4.78, 5) is 9.03. The van der Waals surface area contributed by atoms with Gasteiger partial charge in [0.05, 0.1) is 8.07 Å². The van der Waals surface area contributed by atoms with E-state index in [1.807, 2.05) is 24.5 Å². The number of fused-ring (bicyclic) bond motifs is 1. The average Bonchev–Trinajstić information content (AvgIpc) is 3.01. The van der Waals surface area contributed by atoms with Gasteiger partial charge in [0.25, 0.3) is 0 Å². The molecule has 0 N–H and O–H groups in total. The molecule has 0 saturated heterocycles. The van der Waals surface area contributed by atoms with Gasteiger partial charge in [0.1, 0.15) is 0 Å². The molecule has 0 aliphatic rings. The van der Waals surface area contributed by atoms with Crippen molar-refractivity contribution in [1.29, 1.82) is 0 Å². The minimum Gasteiger partial charge on any atom is -0.305 e. The van der Waals surface area contributed by atoms with Crippen LogP contribution in [0, 0.1) is 17.9 Å². The minimum absolute atomic E-state index is 0. The van der Waals surface area contributed by atoms with Crippen molar-refractivity contribution in [3.05, 3.63) is 151 Å². The van der Waals surface area contributed by atoms with Crippen LogP contribution in [0.1, 0.15) is 24.0 Å². The van der Waals surface area contributed by atoms with Crippen molar-refractivity contribution in [1.82, 2.24) is 9.97 Å². The molecule has 0 saturated carbocycles. The number of hydrogen-bond donors (Lipinski definition) is 0. The summed E-state index contributed by atoms with van der Waals surface area (Å²) in [6, 6.07) is 42.2. The summed E-state index contributed by atoms with van der Waals surface area (Å²) >= 11 is 0. The fourth-order valence-corrected chi connectivity index (χ4v) is 5.76. The van der Waals surface area contributed by atoms with E-state index in [0.29, 0.717) is 5.92 Å². The van der Waals surface area contributed by atoms with Gasteiger partial charge in [0.15, 0.2) is 0 Å². The molecule has 0 fully saturated rings. The molecule has 4 aromatic carbocycles. The first kappa shape index (κ1) is 31.2. The van der Waals surface area contributed by atoms with Crippen LogP contribution in [-0.4, -0.2) is 18.0 Å². The molecule has 2 heterocycles. The molecule has 0 aliphatic carbocycles. The Bertz CT molecular complexity index is 1730. The number of pyridine rings is 2. The second-order valence-corrected chi connectivity index (χ2v) is 16.2. The first-order chi connectivity index (χ1) is 19.8. The molecule has 2 nitrogen and oxygen atoms in total. The number of nitrogens with zero attached hydrogens (tertiary/aromatic N) is 2. The SMILES string of the molecule is CC(c1ccccc1)c1ccnc(-c2[c-]ccc3ccccc23)c1.C[Si](C)(C)c1ccc(-c2[c-]cc(F)cc2)nc1.[Ir]. The van der Waals surface area contributed by atoms with Crippen molar-refractivity contribution < 1.29 is 24.5 Å². The van der Waals surface area contributed by atoms with Gasteiger partial charge < -0.3 is 9.97 Å². The Morgan fingerprint density at radius 2 is 1.50 bits per heavy atom. The Hall–Kier alpha value is -3.76. The number of benzene rings is 4. The van der Waals surface area contributed by atoms with Crippen molar-refractivity contribution in [2.24, 2.45) is 0 Å². The summed E-state index contributed by atoms with van der Waals surface area (Å²) in [7, 11) is -1.30. The summed E-state index contributed by atoms with van der Waals surface area (Å²) < 4.78 is 12.8. The first-order valence-corrected chi connectivity index (χ1v) is 17.3. The van der Waals surface area contributed by atoms with Gasteiger partial charge in [-0.1, -0.05) is 105 Å². The molecule has 0 aliphatic heterocycles. The van der Waals surface area contributed by atoms with E-state index in [-0.39, 0.29) is 25.9 Å². The van der Waals surface area contributed by atoms with E-state index in [0.717, 1.165) is 22.5 Å². The van der Waals surface area contributed by atoms with E-state index in [1.165, 1.54) is 39.2 Å². The molecule has 1 atom stereocenters. The zero-order valence-electron chi connectivity index (χ0n) is 24.2. The molecule has 0 spiro atoms. The number of aromatic nitrogens is 2. The fraction of sp³-hybridized carbons (Fsp3) is 0.135. The molecule has 6 rings (SSSR count). The van der Waals surface area contributed by atoms with Crippen LogP contribution in [-0.2, 0) is 20.1 Å². The Morgan fingerprint density at radius 3 is 2.19 bits per heavy atom. The second kappa shape index (κ2) is 13.9. The van der Waals surface area contributed by atoms with Crippen LogP contribution in [0.4, 0.5) is 4.39 Å². The Balaban J connectivity index is 0.000000200. The van der Waals surface area contributed by atoms with Gasteiger partial charge in [-0.05, 0) is 33.8 Å². The van der Waals surface area contributed by atoms with Gasteiger partial charge >= 0.3 is 0 Å². The van der Waals surface area contributed by atoms with E-state index in [9.17, 15) is 4.39 Å². The third-order valence-electron chi connectivity index (χ3n) is 7.24. The molecule has 0 amide bonds. The topological polar surface area (TPSA) is 25.8 Å². The number of rotatable bonds is 5. The van der Waals surface area contributed by atoms with Gasteiger partial charge in [-0.25, -0.2) is 0 Å². The van der Waals surface area contributed by atoms with E-state index in [1.54, 1.807) is 6.07 Å². The maximum Gasteiger partial charge on any atom is 0.0795 e. The summed E-state index contributed by atoms with van der Waals surface area (Å²) in [6.07, 6.45) is 3.83. The van der Waals surface area contributed by atoms with Gasteiger partial charge in [0, 0.05) is 44.2 Å². The summed E-state index contributed by atoms with van der Waals surface area (Å²) in [5.41, 5.74) is 6.30. The van der Waals surface area contributed by atoms with Crippen LogP contribution in [0.2, 0.25) is 19.6 Å². The predicted octanol–water partition coefficient (Wildman–Crippen LogP) is 9.08. The first-order valence-electron chi connectivity index (χ1n) is 13.8. The van der Waals surface area contributed by atoms with Gasteiger partial charge in [-0.3, -0.25) is 4.39 Å². The van der Waals surface area contributed by atoms with Gasteiger partial charge in [-0.2, -0.15) is 0 Å². The van der Waals surface area contributed by atoms with E-state index >= 15 is 0 Å². The minimum atomic E-state index is -1.30. The van der Waals surface area contributed by atoms with Crippen molar-refractivity contribution in [3.8, 4) is 22.5 Å². The molecule has 1 radical (unpaired) electrons. The van der Waals surface area contributed by atoms with E-state index in [2.05, 4.69) is 128 Å². The fourth-order valence-electron chi connectivity index (χ4n) is 4.72. The monoisotopic (exact) mass is 745 g/mol. The Kier molecular flexibility index (Phi) is 10.3. The van der Waals surface area contributed by atoms with Crippen molar-refractivity contribution in [2.75, 3.05) is 0 Å². The molecular formula is C37H33FIrN2Si-2. The van der Waals surface area contributed by atoms with E-state index < -0.39 is 8.07 Å². The third-order valence-corrected chi connectivity index (χ3v) is 9.27. The van der Waals surface area contributed by atoms with Crippen LogP contribution in [0.25, 0.3) is 33.3 Å². The molecule has 6 aromatic rings. The maximum atomic E-state index is 12.8. The van der Waals surface area contributed by atoms with Crippen molar-refractivity contribution in [3.63, 3.8) is 0 Å². The van der Waals surface area contributed by atoms with Crippen LogP contribution < -0.4 is 5.19 Å². The molecule has 213 valence electrons. The van der Waals surface area contributed by atoms with Crippen molar-refractivity contribution in [2.45, 2.75) is 32.5 Å². The van der Waals surface area contributed by atoms with Crippen LogP contribution in [0.15, 0.2) is 122 Å². The Morgan fingerprint density at radius 1 is 0.738 bits per heavy atom. The smallest absolute Gasteiger partial charge is 0.0795 e. The summed E-state index contributed by atoms with van der Waals surface area (Å²) in [6.45, 7) is 9.09. The normalized spacial score (nSPS) is 11.6. The molecule has 5 heteroatoms. The second-order valence-electron chi connectivity index (χ2n) is 11.1. The number of hydrogen-bond acceptors (Lipinski definition) is 2. The molecule has 2 aromatic heterocycles. The van der Waals surface area contributed by atoms with Crippen LogP contribution >= 0.6 is 0 Å².